The van der Waals surface area contributed by atoms with Crippen molar-refractivity contribution >= 4 is 50.9 Å². The molecule has 4 rings (SSSR count). The average Bonchev–Trinajstić information content (AvgIpc) is 3.38. The van der Waals surface area contributed by atoms with Gasteiger partial charge in [0.05, 0.1) is 5.69 Å². The molecule has 31 heavy (non-hydrogen) atoms. The SMILES string of the molecule is Cn1ccnc1Sc1ccccc1NC(=O)c1cccc(NC(=O)c2ccc(Br)o2)c1. The highest BCUT2D eigenvalue weighted by Gasteiger charge is 2.14. The molecular weight excluding hydrogens is 480 g/mol. The highest BCUT2D eigenvalue weighted by atomic mass is 79.9. The summed E-state index contributed by atoms with van der Waals surface area (Å²) in [6.45, 7) is 0. The molecule has 0 saturated heterocycles. The molecule has 0 atom stereocenters. The Balaban J connectivity index is 1.49. The fourth-order valence-electron chi connectivity index (χ4n) is 2.77. The van der Waals surface area contributed by atoms with Crippen LogP contribution in [0.1, 0.15) is 20.9 Å². The monoisotopic (exact) mass is 496 g/mol. The molecular formula is C22H17BrN4O3S. The molecule has 2 heterocycles. The number of anilines is 2. The van der Waals surface area contributed by atoms with Gasteiger partial charge in [-0.2, -0.15) is 0 Å². The van der Waals surface area contributed by atoms with E-state index in [-0.39, 0.29) is 11.7 Å². The fraction of sp³-hybridized carbons (Fsp3) is 0.0455. The third-order valence-electron chi connectivity index (χ3n) is 4.29. The molecule has 7 nitrogen and oxygen atoms in total. The lowest BCUT2D eigenvalue weighted by molar-refractivity contribution is 0.0992. The summed E-state index contributed by atoms with van der Waals surface area (Å²) in [5.41, 5.74) is 1.58. The minimum absolute atomic E-state index is 0.168. The van der Waals surface area contributed by atoms with Crippen molar-refractivity contribution in [3.05, 3.63) is 89.1 Å². The number of aromatic nitrogens is 2. The molecule has 0 saturated carbocycles. The Hall–Kier alpha value is -3.30. The van der Waals surface area contributed by atoms with Gasteiger partial charge in [-0.05, 0) is 70.2 Å². The van der Waals surface area contributed by atoms with Crippen molar-refractivity contribution in [1.29, 1.82) is 0 Å². The zero-order chi connectivity index (χ0) is 21.8. The third kappa shape index (κ3) is 5.07. The topological polar surface area (TPSA) is 89.2 Å². The molecule has 0 bridgehead atoms. The van der Waals surface area contributed by atoms with Crippen molar-refractivity contribution in [2.45, 2.75) is 10.1 Å². The fourth-order valence-corrected chi connectivity index (χ4v) is 3.97. The first-order valence-electron chi connectivity index (χ1n) is 9.22. The van der Waals surface area contributed by atoms with Gasteiger partial charge < -0.3 is 19.6 Å². The standard InChI is InChI=1S/C22H17BrN4O3S/c1-27-12-11-24-22(27)31-18-8-3-2-7-16(18)26-20(28)14-5-4-6-15(13-14)25-21(29)17-9-10-19(23)30-17/h2-13H,1H3,(H,25,29)(H,26,28). The zero-order valence-corrected chi connectivity index (χ0v) is 18.7. The van der Waals surface area contributed by atoms with Gasteiger partial charge in [-0.25, -0.2) is 4.98 Å². The summed E-state index contributed by atoms with van der Waals surface area (Å²) in [4.78, 5) is 30.3. The number of amides is 2. The van der Waals surface area contributed by atoms with Crippen LogP contribution in [0.3, 0.4) is 0 Å². The second-order valence-corrected chi connectivity index (χ2v) is 8.30. The Bertz CT molecular complexity index is 1250. The van der Waals surface area contributed by atoms with Crippen molar-refractivity contribution < 1.29 is 14.0 Å². The highest BCUT2D eigenvalue weighted by molar-refractivity contribution is 9.10. The highest BCUT2D eigenvalue weighted by Crippen LogP contribution is 2.32. The number of hydrogen-bond acceptors (Lipinski definition) is 5. The van der Waals surface area contributed by atoms with E-state index in [0.29, 0.717) is 21.6 Å². The van der Waals surface area contributed by atoms with Gasteiger partial charge in [0.25, 0.3) is 11.8 Å². The number of nitrogens with zero attached hydrogens (tertiary/aromatic N) is 2. The molecule has 0 aliphatic carbocycles. The largest absolute Gasteiger partial charge is 0.444 e. The van der Waals surface area contributed by atoms with E-state index in [1.165, 1.54) is 11.8 Å². The number of halogens is 1. The van der Waals surface area contributed by atoms with Crippen molar-refractivity contribution in [3.8, 4) is 0 Å². The van der Waals surface area contributed by atoms with Crippen LogP contribution in [0.15, 0.2) is 92.2 Å². The molecule has 0 aliphatic heterocycles. The minimum Gasteiger partial charge on any atom is -0.444 e. The number of benzene rings is 2. The van der Waals surface area contributed by atoms with Crippen LogP contribution in [0.2, 0.25) is 0 Å². The second-order valence-electron chi connectivity index (χ2n) is 6.51. The molecule has 4 aromatic rings. The Morgan fingerprint density at radius 1 is 1.03 bits per heavy atom. The first-order valence-corrected chi connectivity index (χ1v) is 10.8. The van der Waals surface area contributed by atoms with Crippen LogP contribution in [0, 0.1) is 0 Å². The van der Waals surface area contributed by atoms with E-state index >= 15 is 0 Å². The lowest BCUT2D eigenvalue weighted by Crippen LogP contribution is -2.14. The number of carbonyl (C=O) groups excluding carboxylic acids is 2. The number of carbonyl (C=O) groups is 2. The van der Waals surface area contributed by atoms with Gasteiger partial charge in [-0.3, -0.25) is 9.59 Å². The first-order chi connectivity index (χ1) is 15.0. The predicted octanol–water partition coefficient (Wildman–Crippen LogP) is 5.43. The second kappa shape index (κ2) is 9.23. The molecule has 0 fully saturated rings. The van der Waals surface area contributed by atoms with Crippen molar-refractivity contribution in [3.63, 3.8) is 0 Å². The van der Waals surface area contributed by atoms with E-state index in [0.717, 1.165) is 10.1 Å². The zero-order valence-electron chi connectivity index (χ0n) is 16.3. The number of para-hydroxylation sites is 1. The molecule has 2 amide bonds. The van der Waals surface area contributed by atoms with Crippen LogP contribution in [0.5, 0.6) is 0 Å². The smallest absolute Gasteiger partial charge is 0.291 e. The molecule has 0 radical (unpaired) electrons. The third-order valence-corrected chi connectivity index (χ3v) is 5.87. The Morgan fingerprint density at radius 2 is 1.87 bits per heavy atom. The maximum absolute atomic E-state index is 12.9. The molecule has 0 unspecified atom stereocenters. The number of nitrogens with one attached hydrogen (secondary N) is 2. The number of rotatable bonds is 6. The van der Waals surface area contributed by atoms with Crippen LogP contribution in [-0.4, -0.2) is 21.4 Å². The van der Waals surface area contributed by atoms with E-state index in [1.807, 2.05) is 42.1 Å². The van der Waals surface area contributed by atoms with E-state index in [1.54, 1.807) is 42.6 Å². The normalized spacial score (nSPS) is 10.6. The lowest BCUT2D eigenvalue weighted by atomic mass is 10.1. The van der Waals surface area contributed by atoms with Crippen LogP contribution in [0.4, 0.5) is 11.4 Å². The predicted molar refractivity (Wildman–Crippen MR) is 123 cm³/mol. The maximum atomic E-state index is 12.9. The molecule has 0 spiro atoms. The summed E-state index contributed by atoms with van der Waals surface area (Å²) in [6, 6.07) is 17.4. The summed E-state index contributed by atoms with van der Waals surface area (Å²) in [5.74, 6) is -0.522. The molecule has 9 heteroatoms. The summed E-state index contributed by atoms with van der Waals surface area (Å²) >= 11 is 4.63. The van der Waals surface area contributed by atoms with Crippen LogP contribution in [0.25, 0.3) is 0 Å². The van der Waals surface area contributed by atoms with Gasteiger partial charge in [0, 0.05) is 35.6 Å². The molecule has 0 aliphatic rings. The van der Waals surface area contributed by atoms with Gasteiger partial charge in [0.1, 0.15) is 0 Å². The summed E-state index contributed by atoms with van der Waals surface area (Å²) in [5, 5.41) is 6.49. The summed E-state index contributed by atoms with van der Waals surface area (Å²) in [7, 11) is 1.91. The average molecular weight is 497 g/mol. The lowest BCUT2D eigenvalue weighted by Gasteiger charge is -2.11. The van der Waals surface area contributed by atoms with E-state index in [9.17, 15) is 9.59 Å². The van der Waals surface area contributed by atoms with E-state index in [4.69, 9.17) is 4.42 Å². The Morgan fingerprint density at radius 3 is 2.61 bits per heavy atom. The van der Waals surface area contributed by atoms with Crippen molar-refractivity contribution in [2.24, 2.45) is 7.05 Å². The summed E-state index contributed by atoms with van der Waals surface area (Å²) < 4.78 is 7.63. The van der Waals surface area contributed by atoms with Gasteiger partial charge in [0.15, 0.2) is 15.6 Å². The van der Waals surface area contributed by atoms with E-state index in [2.05, 4.69) is 31.5 Å². The minimum atomic E-state index is -0.403. The summed E-state index contributed by atoms with van der Waals surface area (Å²) in [6.07, 6.45) is 3.59. The Kier molecular flexibility index (Phi) is 6.24. The molecule has 2 N–H and O–H groups in total. The molecule has 156 valence electrons. The van der Waals surface area contributed by atoms with Gasteiger partial charge in [-0.15, -0.1) is 0 Å². The number of aryl methyl sites for hydroxylation is 1. The molecule has 2 aromatic heterocycles. The number of imidazole rings is 1. The van der Waals surface area contributed by atoms with Crippen molar-refractivity contribution in [1.82, 2.24) is 9.55 Å². The number of hydrogen-bond donors (Lipinski definition) is 2. The van der Waals surface area contributed by atoms with Crippen LogP contribution >= 0.6 is 27.7 Å². The van der Waals surface area contributed by atoms with E-state index < -0.39 is 5.91 Å². The van der Waals surface area contributed by atoms with Crippen molar-refractivity contribution in [2.75, 3.05) is 10.6 Å². The van der Waals surface area contributed by atoms with Crippen LogP contribution < -0.4 is 10.6 Å². The first kappa shape index (κ1) is 21.0. The van der Waals surface area contributed by atoms with Gasteiger partial charge in [0.2, 0.25) is 0 Å². The molecule has 2 aromatic carbocycles. The Labute approximate surface area is 191 Å². The maximum Gasteiger partial charge on any atom is 0.291 e. The van der Waals surface area contributed by atoms with Gasteiger partial charge >= 0.3 is 0 Å². The van der Waals surface area contributed by atoms with Gasteiger partial charge in [-0.1, -0.05) is 18.2 Å². The number of furan rings is 1. The quantitative estimate of drug-likeness (QED) is 0.371. The van der Waals surface area contributed by atoms with Crippen LogP contribution in [-0.2, 0) is 7.05 Å².